The molecule has 0 aliphatic heterocycles. The Morgan fingerprint density at radius 1 is 1.35 bits per heavy atom. The summed E-state index contributed by atoms with van der Waals surface area (Å²) >= 11 is 0. The molecule has 2 heterocycles. The molecule has 6 nitrogen and oxygen atoms in total. The highest BCUT2D eigenvalue weighted by molar-refractivity contribution is 5.73. The summed E-state index contributed by atoms with van der Waals surface area (Å²) in [5.41, 5.74) is 4.82. The van der Waals surface area contributed by atoms with Gasteiger partial charge in [-0.3, -0.25) is 0 Å². The molecule has 6 heteroatoms. The number of ether oxygens (including phenoxy) is 1. The number of methoxy groups -OCH3 is 1. The Morgan fingerprint density at radius 3 is 2.95 bits per heavy atom. The molecule has 0 amide bonds. The monoisotopic (exact) mass is 274 g/mol. The standard InChI is InChI=1S/C14H16N4O2/c1-9-4-11-12(5-10(9)2)18(8-15-11)6-13-16-14(7-19-3)20-17-13/h4-5,8H,6-7H2,1-3H3/p+2. The van der Waals surface area contributed by atoms with E-state index in [1.165, 1.54) is 11.1 Å². The maximum atomic E-state index is 5.15. The van der Waals surface area contributed by atoms with Crippen LogP contribution in [0.4, 0.5) is 0 Å². The van der Waals surface area contributed by atoms with Gasteiger partial charge in [-0.15, -0.1) is 0 Å². The lowest BCUT2D eigenvalue weighted by atomic mass is 10.1. The topological polar surface area (TPSA) is 69.1 Å². The van der Waals surface area contributed by atoms with E-state index in [0.717, 1.165) is 16.9 Å². The third kappa shape index (κ3) is 2.30. The second kappa shape index (κ2) is 5.05. The number of aromatic amines is 2. The smallest absolute Gasteiger partial charge is 0.372 e. The number of benzene rings is 1. The number of rotatable bonds is 4. The van der Waals surface area contributed by atoms with E-state index in [1.807, 2.05) is 6.33 Å². The molecule has 0 unspecified atom stereocenters. The van der Waals surface area contributed by atoms with Gasteiger partial charge in [0.05, 0.1) is 0 Å². The molecule has 20 heavy (non-hydrogen) atoms. The maximum absolute atomic E-state index is 5.15. The summed E-state index contributed by atoms with van der Waals surface area (Å²) in [6, 6.07) is 4.33. The Hall–Kier alpha value is -2.21. The van der Waals surface area contributed by atoms with Gasteiger partial charge in [-0.1, -0.05) is 0 Å². The van der Waals surface area contributed by atoms with E-state index in [0.29, 0.717) is 19.0 Å². The molecule has 0 saturated carbocycles. The third-order valence-electron chi connectivity index (χ3n) is 3.44. The lowest BCUT2D eigenvalue weighted by molar-refractivity contribution is -0.674. The quantitative estimate of drug-likeness (QED) is 0.723. The van der Waals surface area contributed by atoms with Crippen LogP contribution in [0.1, 0.15) is 22.8 Å². The van der Waals surface area contributed by atoms with E-state index in [4.69, 9.17) is 9.26 Å². The number of imidazole rings is 1. The number of aryl methyl sites for hydroxylation is 2. The first kappa shape index (κ1) is 12.8. The van der Waals surface area contributed by atoms with E-state index in [9.17, 15) is 0 Å². The van der Waals surface area contributed by atoms with Crippen LogP contribution in [0.2, 0.25) is 0 Å². The molecule has 0 radical (unpaired) electrons. The number of hydrogen-bond acceptors (Lipinski definition) is 3. The van der Waals surface area contributed by atoms with E-state index in [2.05, 4.69) is 45.7 Å². The normalized spacial score (nSPS) is 11.3. The molecule has 0 bridgehead atoms. The summed E-state index contributed by atoms with van der Waals surface area (Å²) < 4.78 is 12.3. The van der Waals surface area contributed by atoms with Gasteiger partial charge >= 0.3 is 11.7 Å². The van der Waals surface area contributed by atoms with E-state index >= 15 is 0 Å². The second-order valence-electron chi connectivity index (χ2n) is 4.97. The maximum Gasteiger partial charge on any atom is 0.388 e. The molecule has 0 fully saturated rings. The van der Waals surface area contributed by atoms with Gasteiger partial charge in [0.25, 0.3) is 0 Å². The fourth-order valence-electron chi connectivity index (χ4n) is 2.24. The van der Waals surface area contributed by atoms with Crippen molar-refractivity contribution in [1.29, 1.82) is 0 Å². The fraction of sp³-hybridized carbons (Fsp3) is 0.357. The summed E-state index contributed by atoms with van der Waals surface area (Å²) in [6.45, 7) is 5.24. The molecule has 104 valence electrons. The van der Waals surface area contributed by atoms with Gasteiger partial charge < -0.3 is 4.74 Å². The van der Waals surface area contributed by atoms with Gasteiger partial charge in [0.1, 0.15) is 6.61 Å². The molecule has 3 rings (SSSR count). The Labute approximate surface area is 116 Å². The average molecular weight is 274 g/mol. The highest BCUT2D eigenvalue weighted by atomic mass is 16.5. The predicted molar refractivity (Wildman–Crippen MR) is 70.8 cm³/mol. The first-order valence-corrected chi connectivity index (χ1v) is 6.51. The molecule has 0 spiro atoms. The van der Waals surface area contributed by atoms with E-state index in [-0.39, 0.29) is 0 Å². The average Bonchev–Trinajstić information content (AvgIpc) is 3.00. The van der Waals surface area contributed by atoms with E-state index in [1.54, 1.807) is 7.11 Å². The molecule has 2 aromatic heterocycles. The number of nitrogens with zero attached hydrogens (tertiary/aromatic N) is 2. The second-order valence-corrected chi connectivity index (χ2v) is 4.97. The molecular formula is C14H18N4O2+2. The summed E-state index contributed by atoms with van der Waals surface area (Å²) in [7, 11) is 1.62. The van der Waals surface area contributed by atoms with Crippen LogP contribution in [0, 0.1) is 13.8 Å². The van der Waals surface area contributed by atoms with Crippen LogP contribution in [0.15, 0.2) is 23.0 Å². The van der Waals surface area contributed by atoms with Crippen LogP contribution in [-0.2, 0) is 17.9 Å². The zero-order valence-corrected chi connectivity index (χ0v) is 11.9. The molecule has 2 N–H and O–H groups in total. The SMILES string of the molecule is COCc1[nH+]c(C[n+]2c[nH]c3cc(C)c(C)cc32)no1. The minimum atomic E-state index is 0.393. The van der Waals surface area contributed by atoms with Crippen LogP contribution in [0.25, 0.3) is 11.0 Å². The van der Waals surface area contributed by atoms with Crippen LogP contribution in [-0.4, -0.2) is 17.3 Å². The zero-order chi connectivity index (χ0) is 14.1. The summed E-state index contributed by atoms with van der Waals surface area (Å²) in [5.74, 6) is 1.39. The fourth-order valence-corrected chi connectivity index (χ4v) is 2.24. The minimum Gasteiger partial charge on any atom is -0.372 e. The first-order valence-electron chi connectivity index (χ1n) is 6.51. The van der Waals surface area contributed by atoms with Crippen LogP contribution in [0.3, 0.4) is 0 Å². The highest BCUT2D eigenvalue weighted by Gasteiger charge is 2.20. The molecule has 1 aromatic carbocycles. The lowest BCUT2D eigenvalue weighted by Crippen LogP contribution is -2.35. The first-order chi connectivity index (χ1) is 9.67. The number of fused-ring (bicyclic) bond motifs is 1. The number of nitrogens with one attached hydrogen (secondary N) is 2. The van der Waals surface area contributed by atoms with Gasteiger partial charge in [-0.25, -0.2) is 19.1 Å². The molecule has 3 aromatic rings. The highest BCUT2D eigenvalue weighted by Crippen LogP contribution is 2.14. The van der Waals surface area contributed by atoms with Crippen molar-refractivity contribution in [2.45, 2.75) is 27.0 Å². The van der Waals surface area contributed by atoms with Gasteiger partial charge in [0.15, 0.2) is 22.7 Å². The van der Waals surface area contributed by atoms with Gasteiger partial charge in [-0.2, -0.15) is 0 Å². The van der Waals surface area contributed by atoms with Crippen molar-refractivity contribution in [2.24, 2.45) is 0 Å². The van der Waals surface area contributed by atoms with Crippen molar-refractivity contribution in [3.63, 3.8) is 0 Å². The Kier molecular flexibility index (Phi) is 3.23. The van der Waals surface area contributed by atoms with Gasteiger partial charge in [0, 0.05) is 7.11 Å². The number of H-pyrrole nitrogens is 2. The Morgan fingerprint density at radius 2 is 2.15 bits per heavy atom. The number of aromatic nitrogens is 4. The molecule has 0 saturated heterocycles. The Bertz CT molecular complexity index is 745. The van der Waals surface area contributed by atoms with Crippen molar-refractivity contribution in [2.75, 3.05) is 7.11 Å². The minimum absolute atomic E-state index is 0.393. The summed E-state index contributed by atoms with van der Waals surface area (Å²) in [6.07, 6.45) is 1.95. The summed E-state index contributed by atoms with van der Waals surface area (Å²) in [5, 5.41) is 4.01. The lowest BCUT2D eigenvalue weighted by Gasteiger charge is -1.97. The zero-order valence-electron chi connectivity index (χ0n) is 11.9. The van der Waals surface area contributed by atoms with Crippen LogP contribution >= 0.6 is 0 Å². The van der Waals surface area contributed by atoms with Crippen molar-refractivity contribution in [3.8, 4) is 0 Å². The molecular weight excluding hydrogens is 256 g/mol. The van der Waals surface area contributed by atoms with E-state index < -0.39 is 0 Å². The number of hydrogen-bond donors (Lipinski definition) is 1. The Balaban J connectivity index is 1.92. The largest absolute Gasteiger partial charge is 0.388 e. The van der Waals surface area contributed by atoms with Crippen molar-refractivity contribution in [1.82, 2.24) is 10.1 Å². The van der Waals surface area contributed by atoms with Crippen molar-refractivity contribution < 1.29 is 18.8 Å². The summed E-state index contributed by atoms with van der Waals surface area (Å²) in [4.78, 5) is 6.38. The van der Waals surface area contributed by atoms with Gasteiger partial charge in [0.2, 0.25) is 6.33 Å². The molecule has 0 aliphatic rings. The van der Waals surface area contributed by atoms with Crippen molar-refractivity contribution in [3.05, 3.63) is 41.3 Å². The molecule has 0 aliphatic carbocycles. The third-order valence-corrected chi connectivity index (χ3v) is 3.44. The van der Waals surface area contributed by atoms with Crippen LogP contribution < -0.4 is 9.55 Å². The van der Waals surface area contributed by atoms with Crippen molar-refractivity contribution >= 4 is 11.0 Å². The molecule has 0 atom stereocenters. The van der Waals surface area contributed by atoms with Gasteiger partial charge in [-0.05, 0) is 37.1 Å². The predicted octanol–water partition coefficient (Wildman–Crippen LogP) is 1.07. The van der Waals surface area contributed by atoms with Crippen LogP contribution in [0.5, 0.6) is 0 Å².